The van der Waals surface area contributed by atoms with Crippen LogP contribution in [0.25, 0.3) is 10.9 Å². The van der Waals surface area contributed by atoms with Crippen molar-refractivity contribution in [2.45, 2.75) is 25.0 Å². The normalized spacial score (nSPS) is 13.2. The average molecular weight is 561 g/mol. The minimum absolute atomic E-state index is 0.102. The van der Waals surface area contributed by atoms with Crippen molar-refractivity contribution in [2.75, 3.05) is 17.2 Å². The van der Waals surface area contributed by atoms with Crippen molar-refractivity contribution < 1.29 is 24.2 Å². The number of amides is 2. The maximum atomic E-state index is 12.2. The number of pyridine rings is 1. The first-order valence-corrected chi connectivity index (χ1v) is 12.7. The number of anilines is 3. The van der Waals surface area contributed by atoms with E-state index in [0.29, 0.717) is 57.5 Å². The molecule has 4 N–H and O–H groups in total. The molecule has 2 aromatic heterocycles. The molecule has 1 fully saturated rings. The first kappa shape index (κ1) is 26.7. The van der Waals surface area contributed by atoms with Crippen LogP contribution >= 0.6 is 11.6 Å². The maximum absolute atomic E-state index is 12.2. The van der Waals surface area contributed by atoms with Crippen molar-refractivity contribution >= 4 is 51.7 Å². The van der Waals surface area contributed by atoms with Gasteiger partial charge in [0.25, 0.3) is 0 Å². The molecule has 2 aromatic carbocycles. The van der Waals surface area contributed by atoms with Crippen molar-refractivity contribution in [2.24, 2.45) is 0 Å². The maximum Gasteiger partial charge on any atom is 0.405 e. The van der Waals surface area contributed by atoms with E-state index in [-0.39, 0.29) is 13.2 Å². The van der Waals surface area contributed by atoms with E-state index >= 15 is 0 Å². The molecule has 11 nitrogen and oxygen atoms in total. The van der Waals surface area contributed by atoms with Crippen LogP contribution in [0.15, 0.2) is 73.7 Å². The van der Waals surface area contributed by atoms with Crippen LogP contribution in [0, 0.1) is 0 Å². The Morgan fingerprint density at radius 3 is 2.62 bits per heavy atom. The number of ether oxygens (including phenoxy) is 2. The molecule has 5 rings (SSSR count). The van der Waals surface area contributed by atoms with Crippen LogP contribution in [0.3, 0.4) is 0 Å². The minimum Gasteiger partial charge on any atom is -0.489 e. The number of carboxylic acid groups (broad SMARTS) is 1. The summed E-state index contributed by atoms with van der Waals surface area (Å²) in [6, 6.07) is 14.2. The largest absolute Gasteiger partial charge is 0.489 e. The van der Waals surface area contributed by atoms with E-state index < -0.39 is 17.5 Å². The van der Waals surface area contributed by atoms with Crippen LogP contribution in [0.4, 0.5) is 22.0 Å². The molecule has 0 bridgehead atoms. The number of hydrogen-bond donors (Lipinski definition) is 4. The van der Waals surface area contributed by atoms with Gasteiger partial charge in [-0.2, -0.15) is 0 Å². The van der Waals surface area contributed by atoms with Gasteiger partial charge in [0.15, 0.2) is 0 Å². The highest BCUT2D eigenvalue weighted by Gasteiger charge is 2.45. The summed E-state index contributed by atoms with van der Waals surface area (Å²) < 4.78 is 11.8. The highest BCUT2D eigenvalue weighted by atomic mass is 35.5. The molecule has 40 heavy (non-hydrogen) atoms. The molecule has 0 unspecified atom stereocenters. The SMILES string of the molecule is C=CC(=O)Nc1cc2c(Nc3ccc(OCc4ccccn4)c(Cl)c3)ncnc2cc1OCC1(NC(=O)O)CC1. The molecule has 1 aliphatic carbocycles. The third-order valence-corrected chi connectivity index (χ3v) is 6.50. The lowest BCUT2D eigenvalue weighted by Gasteiger charge is -2.19. The van der Waals surface area contributed by atoms with Gasteiger partial charge in [0.05, 0.1) is 27.5 Å². The molecular weight excluding hydrogens is 536 g/mol. The Morgan fingerprint density at radius 1 is 1.07 bits per heavy atom. The van der Waals surface area contributed by atoms with E-state index in [4.69, 9.17) is 26.2 Å². The number of halogens is 1. The molecule has 12 heteroatoms. The summed E-state index contributed by atoms with van der Waals surface area (Å²) in [6.07, 6.45) is 4.44. The van der Waals surface area contributed by atoms with Crippen LogP contribution in [0.2, 0.25) is 5.02 Å². The van der Waals surface area contributed by atoms with Crippen molar-refractivity contribution in [3.8, 4) is 11.5 Å². The monoisotopic (exact) mass is 560 g/mol. The number of hydrogen-bond acceptors (Lipinski definition) is 8. The van der Waals surface area contributed by atoms with Crippen molar-refractivity contribution in [3.05, 3.63) is 84.4 Å². The van der Waals surface area contributed by atoms with Gasteiger partial charge in [-0.3, -0.25) is 9.78 Å². The van der Waals surface area contributed by atoms with Gasteiger partial charge in [0, 0.05) is 23.3 Å². The predicted octanol–water partition coefficient (Wildman–Crippen LogP) is 5.30. The van der Waals surface area contributed by atoms with Gasteiger partial charge in [0.2, 0.25) is 5.91 Å². The summed E-state index contributed by atoms with van der Waals surface area (Å²) in [5.41, 5.74) is 1.69. The van der Waals surface area contributed by atoms with E-state index in [1.807, 2.05) is 18.2 Å². The quantitative estimate of drug-likeness (QED) is 0.179. The van der Waals surface area contributed by atoms with Gasteiger partial charge >= 0.3 is 6.09 Å². The molecule has 0 atom stereocenters. The highest BCUT2D eigenvalue weighted by molar-refractivity contribution is 6.32. The Bertz CT molecular complexity index is 1580. The molecule has 1 aliphatic rings. The smallest absolute Gasteiger partial charge is 0.405 e. The lowest BCUT2D eigenvalue weighted by Crippen LogP contribution is -2.40. The van der Waals surface area contributed by atoms with Crippen molar-refractivity contribution in [1.82, 2.24) is 20.3 Å². The van der Waals surface area contributed by atoms with Crippen LogP contribution < -0.4 is 25.4 Å². The zero-order chi connectivity index (χ0) is 28.1. The van der Waals surface area contributed by atoms with E-state index in [9.17, 15) is 9.59 Å². The summed E-state index contributed by atoms with van der Waals surface area (Å²) in [4.78, 5) is 36.3. The van der Waals surface area contributed by atoms with Crippen LogP contribution in [-0.2, 0) is 11.4 Å². The summed E-state index contributed by atoms with van der Waals surface area (Å²) in [7, 11) is 0. The van der Waals surface area contributed by atoms with Gasteiger partial charge in [-0.05, 0) is 55.3 Å². The predicted molar refractivity (Wildman–Crippen MR) is 150 cm³/mol. The topological polar surface area (TPSA) is 148 Å². The Balaban J connectivity index is 1.38. The standard InChI is InChI=1S/C28H25ClN6O5/c1-2-25(36)34-22-12-19-21(13-24(22)40-15-28(8-9-28)35-27(37)38)31-16-32-26(19)33-17-6-7-23(20(29)11-17)39-14-18-5-3-4-10-30-18/h2-7,10-13,16,35H,1,8-9,14-15H2,(H,34,36)(H,37,38)(H,31,32,33). The Kier molecular flexibility index (Phi) is 7.65. The summed E-state index contributed by atoms with van der Waals surface area (Å²) in [5, 5.41) is 18.6. The summed E-state index contributed by atoms with van der Waals surface area (Å²) in [6.45, 7) is 3.89. The second-order valence-electron chi connectivity index (χ2n) is 9.16. The Hall–Kier alpha value is -4.90. The van der Waals surface area contributed by atoms with Crippen LogP contribution in [-0.4, -0.2) is 44.2 Å². The fourth-order valence-corrected chi connectivity index (χ4v) is 4.19. The molecule has 1 saturated carbocycles. The number of carbonyl (C=O) groups is 2. The first-order chi connectivity index (χ1) is 19.3. The number of benzene rings is 2. The van der Waals surface area contributed by atoms with Crippen molar-refractivity contribution in [1.29, 1.82) is 0 Å². The van der Waals surface area contributed by atoms with E-state index in [2.05, 4.69) is 37.5 Å². The third kappa shape index (κ3) is 6.38. The van der Waals surface area contributed by atoms with E-state index in [1.54, 1.807) is 36.5 Å². The Morgan fingerprint density at radius 2 is 1.93 bits per heavy atom. The number of aromatic nitrogens is 3. The van der Waals surface area contributed by atoms with Gasteiger partial charge in [-0.1, -0.05) is 24.2 Å². The number of nitrogens with one attached hydrogen (secondary N) is 3. The summed E-state index contributed by atoms with van der Waals surface area (Å²) in [5.74, 6) is 0.874. The second kappa shape index (κ2) is 11.5. The minimum atomic E-state index is -1.11. The molecule has 4 aromatic rings. The van der Waals surface area contributed by atoms with Gasteiger partial charge in [-0.15, -0.1) is 0 Å². The third-order valence-electron chi connectivity index (χ3n) is 6.21. The average Bonchev–Trinajstić information content (AvgIpc) is 3.71. The fourth-order valence-electron chi connectivity index (χ4n) is 3.95. The molecule has 2 amide bonds. The van der Waals surface area contributed by atoms with Crippen molar-refractivity contribution in [3.63, 3.8) is 0 Å². The Labute approximate surface area is 234 Å². The molecule has 0 radical (unpaired) electrons. The molecule has 0 saturated heterocycles. The summed E-state index contributed by atoms with van der Waals surface area (Å²) >= 11 is 6.47. The molecule has 204 valence electrons. The molecule has 0 spiro atoms. The fraction of sp³-hybridized carbons (Fsp3) is 0.179. The number of nitrogens with zero attached hydrogens (tertiary/aromatic N) is 3. The van der Waals surface area contributed by atoms with Gasteiger partial charge < -0.3 is 30.5 Å². The molecule has 0 aliphatic heterocycles. The lowest BCUT2D eigenvalue weighted by molar-refractivity contribution is -0.111. The first-order valence-electron chi connectivity index (χ1n) is 12.3. The highest BCUT2D eigenvalue weighted by Crippen LogP contribution is 2.39. The van der Waals surface area contributed by atoms with Crippen LogP contribution in [0.5, 0.6) is 11.5 Å². The van der Waals surface area contributed by atoms with E-state index in [1.165, 1.54) is 6.33 Å². The lowest BCUT2D eigenvalue weighted by atomic mass is 10.1. The van der Waals surface area contributed by atoms with Crippen LogP contribution in [0.1, 0.15) is 18.5 Å². The number of carbonyl (C=O) groups excluding carboxylic acids is 1. The molecule has 2 heterocycles. The zero-order valence-corrected chi connectivity index (χ0v) is 21.9. The zero-order valence-electron chi connectivity index (χ0n) is 21.2. The number of rotatable bonds is 11. The van der Waals surface area contributed by atoms with Gasteiger partial charge in [0.1, 0.15) is 36.9 Å². The second-order valence-corrected chi connectivity index (χ2v) is 9.57. The van der Waals surface area contributed by atoms with Gasteiger partial charge in [-0.25, -0.2) is 14.8 Å². The molecular formula is C28H25ClN6O5. The van der Waals surface area contributed by atoms with E-state index in [0.717, 1.165) is 11.8 Å². The number of fused-ring (bicyclic) bond motifs is 1.